The molecule has 1 N–H and O–H groups in total. The first-order chi connectivity index (χ1) is 10.6. The van der Waals surface area contributed by atoms with Crippen LogP contribution in [0.2, 0.25) is 0 Å². The van der Waals surface area contributed by atoms with Crippen molar-refractivity contribution in [2.24, 2.45) is 0 Å². The molecule has 2 heterocycles. The number of rotatable bonds is 4. The van der Waals surface area contributed by atoms with Crippen LogP contribution in [-0.4, -0.2) is 26.3 Å². The minimum absolute atomic E-state index is 0.0547. The minimum atomic E-state index is -0.0547. The summed E-state index contributed by atoms with van der Waals surface area (Å²) in [6, 6.07) is 11.6. The molecule has 0 unspecified atom stereocenters. The van der Waals surface area contributed by atoms with Gasteiger partial charge in [-0.3, -0.25) is 9.20 Å². The van der Waals surface area contributed by atoms with Crippen molar-refractivity contribution in [2.75, 3.05) is 11.1 Å². The minimum Gasteiger partial charge on any atom is -0.325 e. The molecule has 0 fully saturated rings. The second kappa shape index (κ2) is 6.19. The Morgan fingerprint density at radius 1 is 1.18 bits per heavy atom. The molecular formula is C16H16N4OS. The van der Waals surface area contributed by atoms with Crippen LogP contribution < -0.4 is 5.32 Å². The lowest BCUT2D eigenvalue weighted by molar-refractivity contribution is -0.113. The number of nitrogens with one attached hydrogen (secondary N) is 1. The number of benzene rings is 1. The number of nitrogens with zero attached hydrogens (tertiary/aromatic N) is 3. The molecule has 0 spiro atoms. The van der Waals surface area contributed by atoms with Gasteiger partial charge in [0.2, 0.25) is 5.91 Å². The van der Waals surface area contributed by atoms with Crippen LogP contribution in [0.15, 0.2) is 47.8 Å². The van der Waals surface area contributed by atoms with Gasteiger partial charge < -0.3 is 5.32 Å². The lowest BCUT2D eigenvalue weighted by Gasteiger charge is -2.07. The summed E-state index contributed by atoms with van der Waals surface area (Å²) in [5.74, 6) is 0.240. The van der Waals surface area contributed by atoms with Gasteiger partial charge in [0.15, 0.2) is 10.8 Å². The molecule has 0 aliphatic heterocycles. The van der Waals surface area contributed by atoms with E-state index in [2.05, 4.69) is 15.5 Å². The third-order valence-electron chi connectivity index (χ3n) is 3.41. The van der Waals surface area contributed by atoms with Gasteiger partial charge in [-0.2, -0.15) is 0 Å². The monoisotopic (exact) mass is 312 g/mol. The zero-order valence-corrected chi connectivity index (χ0v) is 13.2. The molecule has 2 aromatic heterocycles. The van der Waals surface area contributed by atoms with Crippen molar-refractivity contribution in [3.8, 4) is 0 Å². The van der Waals surface area contributed by atoms with Gasteiger partial charge in [-0.25, -0.2) is 0 Å². The van der Waals surface area contributed by atoms with Crippen molar-refractivity contribution in [1.29, 1.82) is 0 Å². The van der Waals surface area contributed by atoms with Crippen LogP contribution in [0.5, 0.6) is 0 Å². The highest BCUT2D eigenvalue weighted by Crippen LogP contribution is 2.18. The van der Waals surface area contributed by atoms with Crippen molar-refractivity contribution < 1.29 is 4.79 Å². The smallest absolute Gasteiger partial charge is 0.234 e. The van der Waals surface area contributed by atoms with Gasteiger partial charge in [0.1, 0.15) is 0 Å². The van der Waals surface area contributed by atoms with Gasteiger partial charge in [0.05, 0.1) is 5.75 Å². The summed E-state index contributed by atoms with van der Waals surface area (Å²) in [6.07, 6.45) is 1.89. The molecule has 0 saturated heterocycles. The molecule has 0 radical (unpaired) electrons. The maximum atomic E-state index is 12.1. The zero-order valence-electron chi connectivity index (χ0n) is 12.4. The fraction of sp³-hybridized carbons (Fsp3) is 0.188. The van der Waals surface area contributed by atoms with Gasteiger partial charge in [-0.1, -0.05) is 23.9 Å². The van der Waals surface area contributed by atoms with Gasteiger partial charge in [-0.15, -0.1) is 10.2 Å². The second-order valence-electron chi connectivity index (χ2n) is 5.05. The molecule has 0 bridgehead atoms. The highest BCUT2D eigenvalue weighted by molar-refractivity contribution is 7.99. The first kappa shape index (κ1) is 14.6. The van der Waals surface area contributed by atoms with E-state index in [0.717, 1.165) is 16.9 Å². The summed E-state index contributed by atoms with van der Waals surface area (Å²) in [5, 5.41) is 11.8. The fourth-order valence-corrected chi connectivity index (χ4v) is 2.79. The molecule has 1 aromatic carbocycles. The highest BCUT2D eigenvalue weighted by atomic mass is 32.2. The van der Waals surface area contributed by atoms with Gasteiger partial charge >= 0.3 is 0 Å². The van der Waals surface area contributed by atoms with Gasteiger partial charge in [-0.05, 0) is 49.2 Å². The number of anilines is 1. The lowest BCUT2D eigenvalue weighted by atomic mass is 10.1. The molecule has 22 heavy (non-hydrogen) atoms. The van der Waals surface area contributed by atoms with Crippen LogP contribution in [0.25, 0.3) is 5.65 Å². The molecule has 0 aliphatic carbocycles. The Hall–Kier alpha value is -2.34. The Kier molecular flexibility index (Phi) is 4.11. The van der Waals surface area contributed by atoms with Crippen molar-refractivity contribution >= 4 is 29.0 Å². The number of carbonyl (C=O) groups excluding carboxylic acids is 1. The fourth-order valence-electron chi connectivity index (χ4n) is 2.06. The van der Waals surface area contributed by atoms with Crippen LogP contribution in [0.4, 0.5) is 5.69 Å². The molecule has 112 valence electrons. The maximum Gasteiger partial charge on any atom is 0.234 e. The third-order valence-corrected chi connectivity index (χ3v) is 4.35. The average molecular weight is 312 g/mol. The molecule has 6 heteroatoms. The van der Waals surface area contributed by atoms with E-state index in [1.165, 1.54) is 17.3 Å². The lowest BCUT2D eigenvalue weighted by Crippen LogP contribution is -2.14. The third kappa shape index (κ3) is 3.12. The summed E-state index contributed by atoms with van der Waals surface area (Å²) in [7, 11) is 0. The number of hydrogen-bond acceptors (Lipinski definition) is 4. The first-order valence-electron chi connectivity index (χ1n) is 6.93. The SMILES string of the molecule is Cc1ccc(NC(=O)CSc2nnc3ccccn23)cc1C. The van der Waals surface area contributed by atoms with Crippen molar-refractivity contribution in [1.82, 2.24) is 14.6 Å². The number of amides is 1. The number of carbonyl (C=O) groups is 1. The molecular weight excluding hydrogens is 296 g/mol. The zero-order chi connectivity index (χ0) is 15.5. The number of thioether (sulfide) groups is 1. The molecule has 0 atom stereocenters. The van der Waals surface area contributed by atoms with E-state index >= 15 is 0 Å². The van der Waals surface area contributed by atoms with Crippen molar-refractivity contribution in [3.63, 3.8) is 0 Å². The molecule has 0 aliphatic rings. The molecule has 3 rings (SSSR count). The highest BCUT2D eigenvalue weighted by Gasteiger charge is 2.09. The van der Waals surface area contributed by atoms with Crippen LogP contribution in [-0.2, 0) is 4.79 Å². The van der Waals surface area contributed by atoms with E-state index in [1.54, 1.807) is 0 Å². The summed E-state index contributed by atoms with van der Waals surface area (Å²) in [4.78, 5) is 12.1. The number of pyridine rings is 1. The predicted molar refractivity (Wildman–Crippen MR) is 88.3 cm³/mol. The second-order valence-corrected chi connectivity index (χ2v) is 5.99. The molecule has 1 amide bonds. The van der Waals surface area contributed by atoms with E-state index in [1.807, 2.05) is 60.8 Å². The van der Waals surface area contributed by atoms with Crippen LogP contribution in [0.3, 0.4) is 0 Å². The Balaban J connectivity index is 1.63. The van der Waals surface area contributed by atoms with Gasteiger partial charge in [0, 0.05) is 11.9 Å². The summed E-state index contributed by atoms with van der Waals surface area (Å²) in [5.41, 5.74) is 3.97. The van der Waals surface area contributed by atoms with E-state index in [-0.39, 0.29) is 5.91 Å². The number of hydrogen-bond donors (Lipinski definition) is 1. The largest absolute Gasteiger partial charge is 0.325 e. The van der Waals surface area contributed by atoms with Crippen LogP contribution >= 0.6 is 11.8 Å². The van der Waals surface area contributed by atoms with E-state index in [9.17, 15) is 4.79 Å². The van der Waals surface area contributed by atoms with E-state index in [4.69, 9.17) is 0 Å². The predicted octanol–water partition coefficient (Wildman–Crippen LogP) is 3.08. The van der Waals surface area contributed by atoms with Gasteiger partial charge in [0.25, 0.3) is 0 Å². The Bertz CT molecular complexity index is 828. The number of aryl methyl sites for hydroxylation is 2. The van der Waals surface area contributed by atoms with E-state index in [0.29, 0.717) is 10.9 Å². The number of fused-ring (bicyclic) bond motifs is 1. The first-order valence-corrected chi connectivity index (χ1v) is 7.92. The Morgan fingerprint density at radius 3 is 2.86 bits per heavy atom. The topological polar surface area (TPSA) is 59.3 Å². The van der Waals surface area contributed by atoms with Crippen molar-refractivity contribution in [2.45, 2.75) is 19.0 Å². The standard InChI is InChI=1S/C16H16N4OS/c1-11-6-7-13(9-12(11)2)17-15(21)10-22-16-19-18-14-5-3-4-8-20(14)16/h3-9H,10H2,1-2H3,(H,17,21). The summed E-state index contributed by atoms with van der Waals surface area (Å²) >= 11 is 1.37. The summed E-state index contributed by atoms with van der Waals surface area (Å²) < 4.78 is 1.87. The average Bonchev–Trinajstić information content (AvgIpc) is 2.92. The van der Waals surface area contributed by atoms with Crippen LogP contribution in [0, 0.1) is 13.8 Å². The van der Waals surface area contributed by atoms with E-state index < -0.39 is 0 Å². The Morgan fingerprint density at radius 2 is 2.05 bits per heavy atom. The molecule has 3 aromatic rings. The number of aromatic nitrogens is 3. The maximum absolute atomic E-state index is 12.1. The molecule has 0 saturated carbocycles. The Labute approximate surface area is 132 Å². The van der Waals surface area contributed by atoms with Crippen molar-refractivity contribution in [3.05, 3.63) is 53.7 Å². The molecule has 5 nitrogen and oxygen atoms in total. The normalized spacial score (nSPS) is 10.8. The van der Waals surface area contributed by atoms with Crippen LogP contribution in [0.1, 0.15) is 11.1 Å². The summed E-state index contributed by atoms with van der Waals surface area (Å²) in [6.45, 7) is 4.08. The quantitative estimate of drug-likeness (QED) is 0.752.